The minimum absolute atomic E-state index is 0.0793. The van der Waals surface area contributed by atoms with Crippen LogP contribution in [-0.4, -0.2) is 31.6 Å². The Labute approximate surface area is 141 Å². The maximum atomic E-state index is 12.4. The lowest BCUT2D eigenvalue weighted by Crippen LogP contribution is -2.37. The van der Waals surface area contributed by atoms with Gasteiger partial charge in [-0.05, 0) is 49.2 Å². The third kappa shape index (κ3) is 3.25. The lowest BCUT2D eigenvalue weighted by molar-refractivity contribution is -0.115. The number of nitrogens with zero attached hydrogens (tertiary/aromatic N) is 1. The monoisotopic (exact) mass is 324 g/mol. The Balaban J connectivity index is 1.65. The largest absolute Gasteiger partial charge is 0.465 e. The number of rotatable bonds is 4. The van der Waals surface area contributed by atoms with Crippen LogP contribution < -0.4 is 10.2 Å². The van der Waals surface area contributed by atoms with Crippen molar-refractivity contribution in [3.05, 3.63) is 59.7 Å². The second-order valence-electron chi connectivity index (χ2n) is 5.93. The number of methoxy groups -OCH3 is 1. The molecule has 1 N–H and O–H groups in total. The number of hydrogen-bond acceptors (Lipinski definition) is 4. The highest BCUT2D eigenvalue weighted by atomic mass is 16.5. The SMILES string of the molecule is COC(=O)c1ccc(NC(=O)CN2c3ccccc3CC2C)cc1. The third-order valence-corrected chi connectivity index (χ3v) is 4.25. The molecule has 124 valence electrons. The van der Waals surface area contributed by atoms with Gasteiger partial charge in [0.2, 0.25) is 5.91 Å². The molecule has 24 heavy (non-hydrogen) atoms. The first-order valence-electron chi connectivity index (χ1n) is 7.91. The van der Waals surface area contributed by atoms with Crippen molar-refractivity contribution in [2.45, 2.75) is 19.4 Å². The highest BCUT2D eigenvalue weighted by Gasteiger charge is 2.26. The maximum Gasteiger partial charge on any atom is 0.337 e. The summed E-state index contributed by atoms with van der Waals surface area (Å²) in [5.41, 5.74) is 3.52. The minimum atomic E-state index is -0.393. The normalized spacial score (nSPS) is 15.8. The number of carbonyl (C=O) groups is 2. The molecule has 5 nitrogen and oxygen atoms in total. The molecule has 0 bridgehead atoms. The average Bonchev–Trinajstić information content (AvgIpc) is 2.90. The number of fused-ring (bicyclic) bond motifs is 1. The summed E-state index contributed by atoms with van der Waals surface area (Å²) < 4.78 is 4.66. The van der Waals surface area contributed by atoms with Gasteiger partial charge in [-0.25, -0.2) is 4.79 Å². The predicted molar refractivity (Wildman–Crippen MR) is 93.4 cm³/mol. The first-order valence-corrected chi connectivity index (χ1v) is 7.91. The van der Waals surface area contributed by atoms with E-state index in [1.54, 1.807) is 24.3 Å². The van der Waals surface area contributed by atoms with E-state index in [1.807, 2.05) is 12.1 Å². The van der Waals surface area contributed by atoms with E-state index in [-0.39, 0.29) is 5.91 Å². The molecule has 1 aliphatic rings. The van der Waals surface area contributed by atoms with Crippen molar-refractivity contribution in [2.24, 2.45) is 0 Å². The highest BCUT2D eigenvalue weighted by Crippen LogP contribution is 2.31. The minimum Gasteiger partial charge on any atom is -0.465 e. The zero-order valence-corrected chi connectivity index (χ0v) is 13.8. The first kappa shape index (κ1) is 16.1. The fourth-order valence-corrected chi connectivity index (χ4v) is 3.03. The summed E-state index contributed by atoms with van der Waals surface area (Å²) in [6.45, 7) is 2.43. The molecule has 3 rings (SSSR count). The van der Waals surface area contributed by atoms with E-state index in [1.165, 1.54) is 12.7 Å². The number of esters is 1. The van der Waals surface area contributed by atoms with Crippen molar-refractivity contribution in [3.8, 4) is 0 Å². The molecule has 1 aliphatic heterocycles. The summed E-state index contributed by atoms with van der Waals surface area (Å²) in [6.07, 6.45) is 0.956. The summed E-state index contributed by atoms with van der Waals surface area (Å²) in [5.74, 6) is -0.472. The van der Waals surface area contributed by atoms with Gasteiger partial charge in [-0.2, -0.15) is 0 Å². The molecule has 1 heterocycles. The number of ether oxygens (including phenoxy) is 1. The Morgan fingerprint density at radius 1 is 1.17 bits per heavy atom. The molecule has 0 aromatic heterocycles. The second kappa shape index (κ2) is 6.74. The molecule has 0 fully saturated rings. The number of benzene rings is 2. The topological polar surface area (TPSA) is 58.6 Å². The van der Waals surface area contributed by atoms with E-state index in [2.05, 4.69) is 34.0 Å². The number of carbonyl (C=O) groups excluding carboxylic acids is 2. The zero-order chi connectivity index (χ0) is 17.1. The molecule has 0 radical (unpaired) electrons. The molecule has 1 amide bonds. The quantitative estimate of drug-likeness (QED) is 0.879. The lowest BCUT2D eigenvalue weighted by atomic mass is 10.1. The van der Waals surface area contributed by atoms with Gasteiger partial charge >= 0.3 is 5.97 Å². The molecule has 0 spiro atoms. The standard InChI is InChI=1S/C19H20N2O3/c1-13-11-15-5-3-4-6-17(15)21(13)12-18(22)20-16-9-7-14(8-10-16)19(23)24-2/h3-10,13H,11-12H2,1-2H3,(H,20,22). The van der Waals surface area contributed by atoms with Gasteiger partial charge in [0.05, 0.1) is 19.2 Å². The van der Waals surface area contributed by atoms with Crippen molar-refractivity contribution in [1.82, 2.24) is 0 Å². The van der Waals surface area contributed by atoms with Crippen LogP contribution in [0.3, 0.4) is 0 Å². The van der Waals surface area contributed by atoms with Gasteiger partial charge in [0, 0.05) is 17.4 Å². The van der Waals surface area contributed by atoms with Crippen molar-refractivity contribution < 1.29 is 14.3 Å². The van der Waals surface area contributed by atoms with E-state index in [0.29, 0.717) is 23.8 Å². The van der Waals surface area contributed by atoms with E-state index in [0.717, 1.165) is 12.1 Å². The Kier molecular flexibility index (Phi) is 4.51. The van der Waals surface area contributed by atoms with Gasteiger partial charge in [-0.3, -0.25) is 4.79 Å². The van der Waals surface area contributed by atoms with Crippen LogP contribution in [0.4, 0.5) is 11.4 Å². The molecule has 0 saturated heterocycles. The van der Waals surface area contributed by atoms with E-state index in [9.17, 15) is 9.59 Å². The summed E-state index contributed by atoms with van der Waals surface area (Å²) in [7, 11) is 1.34. The predicted octanol–water partition coefficient (Wildman–Crippen LogP) is 2.86. The smallest absolute Gasteiger partial charge is 0.337 e. The van der Waals surface area contributed by atoms with Gasteiger partial charge in [0.15, 0.2) is 0 Å². The van der Waals surface area contributed by atoms with E-state index < -0.39 is 5.97 Å². The van der Waals surface area contributed by atoms with Gasteiger partial charge in [-0.15, -0.1) is 0 Å². The van der Waals surface area contributed by atoms with Crippen LogP contribution in [0, 0.1) is 0 Å². The molecule has 1 unspecified atom stereocenters. The van der Waals surface area contributed by atoms with Crippen LogP contribution in [0.15, 0.2) is 48.5 Å². The maximum absolute atomic E-state index is 12.4. The fraction of sp³-hybridized carbons (Fsp3) is 0.263. The fourth-order valence-electron chi connectivity index (χ4n) is 3.03. The lowest BCUT2D eigenvalue weighted by Gasteiger charge is -2.24. The zero-order valence-electron chi connectivity index (χ0n) is 13.8. The Bertz CT molecular complexity index is 755. The van der Waals surface area contributed by atoms with Crippen LogP contribution >= 0.6 is 0 Å². The molecule has 0 aliphatic carbocycles. The molecular formula is C19H20N2O3. The summed E-state index contributed by atoms with van der Waals surface area (Å²) in [6, 6.07) is 15.1. The second-order valence-corrected chi connectivity index (χ2v) is 5.93. The Hall–Kier alpha value is -2.82. The number of nitrogens with one attached hydrogen (secondary N) is 1. The van der Waals surface area contributed by atoms with Crippen molar-refractivity contribution >= 4 is 23.3 Å². The van der Waals surface area contributed by atoms with E-state index >= 15 is 0 Å². The van der Waals surface area contributed by atoms with Gasteiger partial charge in [0.25, 0.3) is 0 Å². The molecule has 5 heteroatoms. The van der Waals surface area contributed by atoms with Crippen LogP contribution in [0.25, 0.3) is 0 Å². The molecular weight excluding hydrogens is 304 g/mol. The van der Waals surface area contributed by atoms with Crippen molar-refractivity contribution in [2.75, 3.05) is 23.9 Å². The third-order valence-electron chi connectivity index (χ3n) is 4.25. The summed E-state index contributed by atoms with van der Waals surface area (Å²) in [5, 5.41) is 2.87. The van der Waals surface area contributed by atoms with Gasteiger partial charge in [0.1, 0.15) is 0 Å². The van der Waals surface area contributed by atoms with Crippen LogP contribution in [0.1, 0.15) is 22.8 Å². The van der Waals surface area contributed by atoms with E-state index in [4.69, 9.17) is 0 Å². The molecule has 1 atom stereocenters. The van der Waals surface area contributed by atoms with Gasteiger partial charge < -0.3 is 15.0 Å². The van der Waals surface area contributed by atoms with Crippen LogP contribution in [0.5, 0.6) is 0 Å². The summed E-state index contributed by atoms with van der Waals surface area (Å²) in [4.78, 5) is 25.9. The number of anilines is 2. The number of para-hydroxylation sites is 1. The summed E-state index contributed by atoms with van der Waals surface area (Å²) >= 11 is 0. The first-order chi connectivity index (χ1) is 11.6. The average molecular weight is 324 g/mol. The highest BCUT2D eigenvalue weighted by molar-refractivity contribution is 5.95. The number of hydrogen-bond donors (Lipinski definition) is 1. The van der Waals surface area contributed by atoms with Crippen molar-refractivity contribution in [3.63, 3.8) is 0 Å². The molecule has 2 aromatic rings. The Morgan fingerprint density at radius 2 is 1.88 bits per heavy atom. The number of amides is 1. The molecule has 2 aromatic carbocycles. The van der Waals surface area contributed by atoms with Gasteiger partial charge in [-0.1, -0.05) is 18.2 Å². The Morgan fingerprint density at radius 3 is 2.58 bits per heavy atom. The van der Waals surface area contributed by atoms with Crippen molar-refractivity contribution in [1.29, 1.82) is 0 Å². The van der Waals surface area contributed by atoms with Crippen LogP contribution in [-0.2, 0) is 16.0 Å². The molecule has 0 saturated carbocycles. The van der Waals surface area contributed by atoms with Crippen LogP contribution in [0.2, 0.25) is 0 Å².